The summed E-state index contributed by atoms with van der Waals surface area (Å²) in [4.78, 5) is 0. The maximum Gasteiger partial charge on any atom is 0.123 e. The molecular weight excluding hydrogens is 226 g/mol. The van der Waals surface area contributed by atoms with Crippen LogP contribution in [-0.4, -0.2) is 30.4 Å². The summed E-state index contributed by atoms with van der Waals surface area (Å²) >= 11 is 0. The predicted molar refractivity (Wildman–Crippen MR) is 70.9 cm³/mol. The Bertz CT molecular complexity index is 427. The van der Waals surface area contributed by atoms with Crippen LogP contribution in [0.3, 0.4) is 0 Å². The van der Waals surface area contributed by atoms with Gasteiger partial charge in [-0.2, -0.15) is 0 Å². The lowest BCUT2D eigenvalue weighted by atomic mass is 9.82. The molecule has 3 nitrogen and oxygen atoms in total. The van der Waals surface area contributed by atoms with Crippen LogP contribution in [0.1, 0.15) is 24.0 Å². The maximum atomic E-state index is 9.22. The summed E-state index contributed by atoms with van der Waals surface area (Å²) in [5.41, 5.74) is 2.63. The topological polar surface area (TPSA) is 41.5 Å². The molecule has 18 heavy (non-hydrogen) atoms. The van der Waals surface area contributed by atoms with Crippen LogP contribution in [0.2, 0.25) is 0 Å². The first-order valence-electron chi connectivity index (χ1n) is 6.85. The van der Waals surface area contributed by atoms with Gasteiger partial charge < -0.3 is 15.2 Å². The SMILES string of the molecule is Cc1ccc2c(c1)CC(CNCC1CC(O)C1)O2. The fraction of sp³-hybridized carbons (Fsp3) is 0.600. The minimum absolute atomic E-state index is 0.0493. The average molecular weight is 247 g/mol. The molecule has 0 saturated heterocycles. The van der Waals surface area contributed by atoms with E-state index in [4.69, 9.17) is 4.74 Å². The third-order valence-corrected chi connectivity index (χ3v) is 3.97. The highest BCUT2D eigenvalue weighted by Gasteiger charge is 2.27. The Morgan fingerprint density at radius 3 is 2.94 bits per heavy atom. The van der Waals surface area contributed by atoms with Gasteiger partial charge in [-0.3, -0.25) is 0 Å². The normalized spacial score (nSPS) is 29.6. The summed E-state index contributed by atoms with van der Waals surface area (Å²) < 4.78 is 5.90. The molecule has 0 aromatic heterocycles. The van der Waals surface area contributed by atoms with Gasteiger partial charge in [0.15, 0.2) is 0 Å². The first-order valence-corrected chi connectivity index (χ1v) is 6.85. The molecule has 1 aliphatic carbocycles. The van der Waals surface area contributed by atoms with Gasteiger partial charge in [0.2, 0.25) is 0 Å². The fourth-order valence-electron chi connectivity index (χ4n) is 2.88. The molecule has 1 fully saturated rings. The van der Waals surface area contributed by atoms with E-state index >= 15 is 0 Å². The number of aryl methyl sites for hydroxylation is 1. The Morgan fingerprint density at radius 1 is 1.33 bits per heavy atom. The summed E-state index contributed by atoms with van der Waals surface area (Å²) in [5, 5.41) is 12.7. The lowest BCUT2D eigenvalue weighted by molar-refractivity contribution is 0.0421. The van der Waals surface area contributed by atoms with E-state index in [1.165, 1.54) is 11.1 Å². The van der Waals surface area contributed by atoms with Gasteiger partial charge in [0.25, 0.3) is 0 Å². The molecular formula is C15H21NO2. The molecule has 1 aromatic carbocycles. The number of hydrogen-bond donors (Lipinski definition) is 2. The Morgan fingerprint density at radius 2 is 2.17 bits per heavy atom. The third-order valence-electron chi connectivity index (χ3n) is 3.97. The molecule has 98 valence electrons. The van der Waals surface area contributed by atoms with Crippen molar-refractivity contribution in [3.8, 4) is 5.75 Å². The highest BCUT2D eigenvalue weighted by atomic mass is 16.5. The molecule has 1 aromatic rings. The molecule has 1 unspecified atom stereocenters. The highest BCUT2D eigenvalue weighted by molar-refractivity contribution is 5.40. The Kier molecular flexibility index (Phi) is 3.27. The molecule has 0 radical (unpaired) electrons. The Labute approximate surface area is 108 Å². The first kappa shape index (κ1) is 12.0. The molecule has 0 spiro atoms. The second-order valence-electron chi connectivity index (χ2n) is 5.70. The molecule has 1 saturated carbocycles. The minimum Gasteiger partial charge on any atom is -0.488 e. The zero-order valence-corrected chi connectivity index (χ0v) is 10.9. The maximum absolute atomic E-state index is 9.22. The van der Waals surface area contributed by atoms with E-state index in [1.54, 1.807) is 0 Å². The van der Waals surface area contributed by atoms with Crippen molar-refractivity contribution >= 4 is 0 Å². The molecule has 1 heterocycles. The van der Waals surface area contributed by atoms with Crippen LogP contribution in [0.5, 0.6) is 5.75 Å². The van der Waals surface area contributed by atoms with Gasteiger partial charge >= 0.3 is 0 Å². The van der Waals surface area contributed by atoms with Gasteiger partial charge in [-0.1, -0.05) is 17.7 Å². The number of fused-ring (bicyclic) bond motifs is 1. The number of aliphatic hydroxyl groups excluding tert-OH is 1. The van der Waals surface area contributed by atoms with Crippen molar-refractivity contribution in [1.82, 2.24) is 5.32 Å². The van der Waals surface area contributed by atoms with Crippen LogP contribution in [0.15, 0.2) is 18.2 Å². The quantitative estimate of drug-likeness (QED) is 0.850. The number of nitrogens with one attached hydrogen (secondary N) is 1. The molecule has 2 aliphatic rings. The monoisotopic (exact) mass is 247 g/mol. The van der Waals surface area contributed by atoms with Crippen LogP contribution in [0.25, 0.3) is 0 Å². The van der Waals surface area contributed by atoms with Crippen molar-refractivity contribution in [2.75, 3.05) is 13.1 Å². The van der Waals surface area contributed by atoms with E-state index in [9.17, 15) is 5.11 Å². The van der Waals surface area contributed by atoms with E-state index < -0.39 is 0 Å². The molecule has 0 bridgehead atoms. The second-order valence-corrected chi connectivity index (χ2v) is 5.70. The summed E-state index contributed by atoms with van der Waals surface area (Å²) in [6.45, 7) is 4.03. The Balaban J connectivity index is 1.43. The van der Waals surface area contributed by atoms with Crippen LogP contribution in [-0.2, 0) is 6.42 Å². The highest BCUT2D eigenvalue weighted by Crippen LogP contribution is 2.29. The van der Waals surface area contributed by atoms with Crippen LogP contribution in [0.4, 0.5) is 0 Å². The lowest BCUT2D eigenvalue weighted by Crippen LogP contribution is -2.39. The molecule has 0 amide bonds. The number of benzene rings is 1. The Hall–Kier alpha value is -1.06. The zero-order valence-electron chi connectivity index (χ0n) is 10.9. The molecule has 1 aliphatic heterocycles. The number of ether oxygens (including phenoxy) is 1. The first-order chi connectivity index (χ1) is 8.70. The van der Waals surface area contributed by atoms with Crippen LogP contribution in [0, 0.1) is 12.8 Å². The molecule has 3 rings (SSSR count). The minimum atomic E-state index is -0.0493. The van der Waals surface area contributed by atoms with Gasteiger partial charge in [-0.15, -0.1) is 0 Å². The van der Waals surface area contributed by atoms with Crippen molar-refractivity contribution in [2.24, 2.45) is 5.92 Å². The summed E-state index contributed by atoms with van der Waals surface area (Å²) in [5.74, 6) is 1.71. The number of hydrogen-bond acceptors (Lipinski definition) is 3. The van der Waals surface area contributed by atoms with Crippen molar-refractivity contribution in [3.63, 3.8) is 0 Å². The van der Waals surface area contributed by atoms with E-state index in [1.807, 2.05) is 0 Å². The summed E-state index contributed by atoms with van der Waals surface area (Å²) in [6, 6.07) is 6.40. The fourth-order valence-corrected chi connectivity index (χ4v) is 2.88. The zero-order chi connectivity index (χ0) is 12.5. The van der Waals surface area contributed by atoms with E-state index in [2.05, 4.69) is 30.4 Å². The van der Waals surface area contributed by atoms with Crippen LogP contribution < -0.4 is 10.1 Å². The van der Waals surface area contributed by atoms with Gasteiger partial charge in [0.1, 0.15) is 11.9 Å². The molecule has 3 heteroatoms. The van der Waals surface area contributed by atoms with Crippen molar-refractivity contribution in [3.05, 3.63) is 29.3 Å². The van der Waals surface area contributed by atoms with Crippen LogP contribution >= 0.6 is 0 Å². The average Bonchev–Trinajstić information content (AvgIpc) is 2.68. The third kappa shape index (κ3) is 2.52. The molecule has 2 N–H and O–H groups in total. The molecule has 1 atom stereocenters. The van der Waals surface area contributed by atoms with E-state index in [0.717, 1.165) is 38.1 Å². The van der Waals surface area contributed by atoms with Gasteiger partial charge in [0.05, 0.1) is 6.10 Å². The number of aliphatic hydroxyl groups is 1. The summed E-state index contributed by atoms with van der Waals surface area (Å²) in [7, 11) is 0. The van der Waals surface area contributed by atoms with E-state index in [0.29, 0.717) is 5.92 Å². The predicted octanol–water partition coefficient (Wildman–Crippen LogP) is 1.66. The number of rotatable bonds is 4. The van der Waals surface area contributed by atoms with Crippen molar-refractivity contribution in [2.45, 2.75) is 38.4 Å². The second kappa shape index (κ2) is 4.90. The smallest absolute Gasteiger partial charge is 0.123 e. The van der Waals surface area contributed by atoms with Gasteiger partial charge in [0, 0.05) is 13.0 Å². The lowest BCUT2D eigenvalue weighted by Gasteiger charge is -2.31. The van der Waals surface area contributed by atoms with Gasteiger partial charge in [-0.25, -0.2) is 0 Å². The standard InChI is InChI=1S/C15H21NO2/c1-10-2-3-15-12(4-10)7-14(18-15)9-16-8-11-5-13(17)6-11/h2-4,11,13-14,16-17H,5-9H2,1H3. The largest absolute Gasteiger partial charge is 0.488 e. The van der Waals surface area contributed by atoms with E-state index in [-0.39, 0.29) is 12.2 Å². The van der Waals surface area contributed by atoms with Crippen molar-refractivity contribution < 1.29 is 9.84 Å². The van der Waals surface area contributed by atoms with Crippen molar-refractivity contribution in [1.29, 1.82) is 0 Å². The summed E-state index contributed by atoms with van der Waals surface area (Å²) in [6.07, 6.45) is 3.14. The van der Waals surface area contributed by atoms with Gasteiger partial charge in [-0.05, 0) is 43.9 Å².